The molecule has 2 aromatic carbocycles. The van der Waals surface area contributed by atoms with E-state index in [1.54, 1.807) is 29.1 Å². The van der Waals surface area contributed by atoms with Crippen LogP contribution in [0.25, 0.3) is 33.6 Å². The van der Waals surface area contributed by atoms with Crippen molar-refractivity contribution < 1.29 is 23.9 Å². The molecule has 0 spiro atoms. The molecule has 56 heavy (non-hydrogen) atoms. The summed E-state index contributed by atoms with van der Waals surface area (Å²) in [6.07, 6.45) is 9.04. The Morgan fingerprint density at radius 2 is 1.45 bits per heavy atom. The molecule has 1 aliphatic heterocycles. The average molecular weight is 757 g/mol. The molecule has 3 aromatic heterocycles. The van der Waals surface area contributed by atoms with E-state index in [0.717, 1.165) is 71.6 Å². The third-order valence-corrected chi connectivity index (χ3v) is 12.2. The van der Waals surface area contributed by atoms with E-state index in [-0.39, 0.29) is 29.7 Å². The number of ether oxygens (including phenoxy) is 2. The minimum atomic E-state index is -0.885. The van der Waals surface area contributed by atoms with Crippen molar-refractivity contribution in [3.05, 3.63) is 97.0 Å². The summed E-state index contributed by atoms with van der Waals surface area (Å²) in [5.74, 6) is 2.93. The quantitative estimate of drug-likeness (QED) is 0.134. The fraction of sp³-hybridized carbons (Fsp3) is 0.395. The van der Waals surface area contributed by atoms with Crippen LogP contribution in [-0.2, 0) is 19.1 Å². The second-order valence-corrected chi connectivity index (χ2v) is 15.2. The molecule has 2 aliphatic carbocycles. The molecule has 2 saturated carbocycles. The van der Waals surface area contributed by atoms with E-state index < -0.39 is 18.2 Å². The number of likely N-dealkylation sites (tertiary alicyclic amines) is 1. The first kappa shape index (κ1) is 37.1. The lowest BCUT2D eigenvalue weighted by atomic mass is 9.78. The maximum Gasteiger partial charge on any atom is 0.407 e. The zero-order valence-electron chi connectivity index (χ0n) is 32.1. The van der Waals surface area contributed by atoms with Crippen LogP contribution < -0.4 is 10.2 Å². The Morgan fingerprint density at radius 1 is 0.821 bits per heavy atom. The number of alkyl carbamates (subject to hydrolysis) is 1. The first-order valence-corrected chi connectivity index (χ1v) is 19.4. The summed E-state index contributed by atoms with van der Waals surface area (Å²) in [6, 6.07) is 21.3. The van der Waals surface area contributed by atoms with Gasteiger partial charge in [-0.3, -0.25) is 14.5 Å². The Balaban J connectivity index is 0.935. The van der Waals surface area contributed by atoms with E-state index in [4.69, 9.17) is 14.5 Å². The Bertz CT molecular complexity index is 2170. The molecule has 3 fully saturated rings. The lowest BCUT2D eigenvalue weighted by Gasteiger charge is -2.31. The number of benzene rings is 2. The van der Waals surface area contributed by atoms with Gasteiger partial charge in [0.05, 0.1) is 49.0 Å². The molecule has 0 radical (unpaired) electrons. The molecule has 3 N–H and O–H groups in total. The number of aromatic nitrogens is 5. The van der Waals surface area contributed by atoms with Crippen LogP contribution in [0.3, 0.4) is 0 Å². The van der Waals surface area contributed by atoms with Gasteiger partial charge in [0.15, 0.2) is 0 Å². The van der Waals surface area contributed by atoms with Crippen molar-refractivity contribution >= 4 is 23.7 Å². The van der Waals surface area contributed by atoms with Crippen molar-refractivity contribution in [1.29, 1.82) is 0 Å². The fourth-order valence-corrected chi connectivity index (χ4v) is 9.11. The van der Waals surface area contributed by atoms with Crippen molar-refractivity contribution in [2.75, 3.05) is 32.7 Å². The molecule has 5 aromatic rings. The van der Waals surface area contributed by atoms with Gasteiger partial charge in [-0.05, 0) is 85.3 Å². The number of H-pyrrole nitrogens is 2. The summed E-state index contributed by atoms with van der Waals surface area (Å²) < 4.78 is 10.2. The normalized spacial score (nSPS) is 22.5. The van der Waals surface area contributed by atoms with Crippen LogP contribution in [0.15, 0.2) is 85.3 Å². The molecule has 290 valence electrons. The van der Waals surface area contributed by atoms with E-state index in [9.17, 15) is 14.4 Å². The number of amides is 3. The van der Waals surface area contributed by atoms with Gasteiger partial charge in [0.1, 0.15) is 23.5 Å². The number of rotatable bonds is 11. The van der Waals surface area contributed by atoms with E-state index in [2.05, 4.69) is 73.8 Å². The maximum atomic E-state index is 13.9. The highest BCUT2D eigenvalue weighted by Crippen LogP contribution is 2.56. The van der Waals surface area contributed by atoms with E-state index in [1.165, 1.54) is 14.2 Å². The van der Waals surface area contributed by atoms with Gasteiger partial charge in [-0.15, -0.1) is 0 Å². The van der Waals surface area contributed by atoms with Crippen molar-refractivity contribution in [1.82, 2.24) is 35.1 Å². The largest absolute Gasteiger partial charge is 0.453 e. The zero-order chi connectivity index (χ0) is 38.9. The van der Waals surface area contributed by atoms with E-state index >= 15 is 0 Å². The summed E-state index contributed by atoms with van der Waals surface area (Å²) in [6.45, 7) is 2.30. The van der Waals surface area contributed by atoms with Gasteiger partial charge < -0.3 is 29.7 Å². The van der Waals surface area contributed by atoms with Crippen LogP contribution in [-0.4, -0.2) is 87.7 Å². The Kier molecular flexibility index (Phi) is 10.4. The predicted octanol–water partition coefficient (Wildman–Crippen LogP) is 6.74. The maximum absolute atomic E-state index is 13.9. The first-order chi connectivity index (χ1) is 27.2. The smallest absolute Gasteiger partial charge is 0.407 e. The molecular formula is C43H48N8O5. The molecule has 1 saturated heterocycles. The molecule has 4 unspecified atom stereocenters. The zero-order valence-corrected chi connectivity index (χ0v) is 32.1. The van der Waals surface area contributed by atoms with Gasteiger partial charge in [0, 0.05) is 32.8 Å². The molecule has 4 heterocycles. The number of hydrogen-bond donors (Lipinski definition) is 3. The molecule has 2 bridgehead atoms. The number of anilines is 1. The molecule has 8 rings (SSSR count). The number of carbonyl (C=O) groups is 3. The SMILES string of the molecule is COC(=O)N[C@H](C(=O)N1CCCC1c1ncc(-c2ccc(-c3ccc(-c4cnc(C5C6CCC(C6)[C@@H]5C(=O)N(C)c5ccccn5)[nH]4)cc3)cc2)[nH]1)[C@@H](C)OC. The number of imidazole rings is 2. The Labute approximate surface area is 326 Å². The number of hydrogen-bond acceptors (Lipinski definition) is 8. The molecule has 7 atom stereocenters. The Morgan fingerprint density at radius 3 is 2.07 bits per heavy atom. The van der Waals surface area contributed by atoms with Crippen LogP contribution in [0.1, 0.15) is 62.6 Å². The van der Waals surface area contributed by atoms with Crippen LogP contribution in [0.4, 0.5) is 10.6 Å². The minimum Gasteiger partial charge on any atom is -0.453 e. The third-order valence-electron chi connectivity index (χ3n) is 12.2. The van der Waals surface area contributed by atoms with Gasteiger partial charge in [0.25, 0.3) is 0 Å². The van der Waals surface area contributed by atoms with E-state index in [1.807, 2.05) is 31.4 Å². The molecule has 3 amide bonds. The number of methoxy groups -OCH3 is 2. The molecular weight excluding hydrogens is 709 g/mol. The van der Waals surface area contributed by atoms with Crippen LogP contribution >= 0.6 is 0 Å². The van der Waals surface area contributed by atoms with Gasteiger partial charge >= 0.3 is 6.09 Å². The highest BCUT2D eigenvalue weighted by molar-refractivity contribution is 5.95. The first-order valence-electron chi connectivity index (χ1n) is 19.4. The highest BCUT2D eigenvalue weighted by Gasteiger charge is 2.53. The number of pyridine rings is 1. The van der Waals surface area contributed by atoms with Crippen molar-refractivity contribution in [3.63, 3.8) is 0 Å². The lowest BCUT2D eigenvalue weighted by Crippen LogP contribution is -2.54. The van der Waals surface area contributed by atoms with E-state index in [0.29, 0.717) is 30.0 Å². The molecule has 13 nitrogen and oxygen atoms in total. The minimum absolute atomic E-state index is 0.0666. The van der Waals surface area contributed by atoms with Gasteiger partial charge in [0.2, 0.25) is 11.8 Å². The Hall–Kier alpha value is -5.82. The number of fused-ring (bicyclic) bond motifs is 2. The summed E-state index contributed by atoms with van der Waals surface area (Å²) in [7, 11) is 4.60. The van der Waals surface area contributed by atoms with Crippen molar-refractivity contribution in [3.8, 4) is 33.6 Å². The third kappa shape index (κ3) is 7.07. The summed E-state index contributed by atoms with van der Waals surface area (Å²) in [5.41, 5.74) is 5.97. The number of aromatic amines is 2. The number of nitrogens with one attached hydrogen (secondary N) is 3. The van der Waals surface area contributed by atoms with Crippen LogP contribution in [0, 0.1) is 17.8 Å². The lowest BCUT2D eigenvalue weighted by molar-refractivity contribution is -0.137. The fourth-order valence-electron chi connectivity index (χ4n) is 9.11. The highest BCUT2D eigenvalue weighted by atomic mass is 16.5. The molecule has 3 aliphatic rings. The van der Waals surface area contributed by atoms with Crippen LogP contribution in [0.5, 0.6) is 0 Å². The van der Waals surface area contributed by atoms with Crippen molar-refractivity contribution in [2.24, 2.45) is 17.8 Å². The van der Waals surface area contributed by atoms with Gasteiger partial charge in [-0.25, -0.2) is 19.7 Å². The summed E-state index contributed by atoms with van der Waals surface area (Å²) >= 11 is 0. The number of carbonyl (C=O) groups excluding carboxylic acids is 3. The standard InChI is InChI=1S/C43H48N8O5/c1-25(55-3)38(49-43(54)56-4)42(53)51-21-7-8-34(51)39-45-23-32(47-39)28-14-10-26(11-15-28)27-12-16-29(17-13-27)33-24-46-40(48-33)36-30-18-19-31(22-30)37(36)41(52)50(2)35-9-5-6-20-44-35/h5-6,9-17,20,23-25,30-31,34,36-38H,7-8,18-19,21-22H2,1-4H3,(H,45,47)(H,46,48)(H,49,54)/t25-,30?,31?,34?,36?,37+,38+/m1/s1. The monoisotopic (exact) mass is 756 g/mol. The second-order valence-electron chi connectivity index (χ2n) is 15.2. The van der Waals surface area contributed by atoms with Gasteiger partial charge in [-0.2, -0.15) is 0 Å². The predicted molar refractivity (Wildman–Crippen MR) is 211 cm³/mol. The second kappa shape index (κ2) is 15.7. The van der Waals surface area contributed by atoms with Gasteiger partial charge in [-0.1, -0.05) is 54.6 Å². The topological polar surface area (TPSA) is 158 Å². The average Bonchev–Trinajstić information content (AvgIpc) is 4.11. The van der Waals surface area contributed by atoms with Crippen LogP contribution in [0.2, 0.25) is 0 Å². The summed E-state index contributed by atoms with van der Waals surface area (Å²) in [5, 5.41) is 2.63. The van der Waals surface area contributed by atoms with Crippen molar-refractivity contribution in [2.45, 2.75) is 63.1 Å². The summed E-state index contributed by atoms with van der Waals surface area (Å²) in [4.78, 5) is 63.9. The number of nitrogens with zero attached hydrogens (tertiary/aromatic N) is 5. The molecule has 13 heteroatoms.